The number of hydrogen-bond donors (Lipinski definition) is 1. The van der Waals surface area contributed by atoms with Gasteiger partial charge in [0.1, 0.15) is 0 Å². The Labute approximate surface area is 71.9 Å². The van der Waals surface area contributed by atoms with Gasteiger partial charge in [-0.3, -0.25) is 0 Å². The molecule has 0 saturated heterocycles. The first-order chi connectivity index (χ1) is 5.33. The molecule has 0 unspecified atom stereocenters. The predicted molar refractivity (Wildman–Crippen MR) is 47.6 cm³/mol. The van der Waals surface area contributed by atoms with Crippen molar-refractivity contribution in [2.75, 3.05) is 5.75 Å². The highest BCUT2D eigenvalue weighted by molar-refractivity contribution is 7.80. The Kier molecular flexibility index (Phi) is 3.23. The maximum atomic E-state index is 10.8. The fourth-order valence-corrected chi connectivity index (χ4v) is 1.09. The second-order valence-corrected chi connectivity index (χ2v) is 2.85. The fourth-order valence-electron chi connectivity index (χ4n) is 0.932. The molecule has 1 aromatic rings. The van der Waals surface area contributed by atoms with Gasteiger partial charge in [-0.1, -0.05) is 0 Å². The third-order valence-corrected chi connectivity index (χ3v) is 1.78. The van der Waals surface area contributed by atoms with Crippen LogP contribution in [0.1, 0.15) is 12.0 Å². The molecule has 0 radical (unpaired) electrons. The molecule has 11 heavy (non-hydrogen) atoms. The molecule has 0 aromatic carbocycles. The van der Waals surface area contributed by atoms with Crippen molar-refractivity contribution >= 4 is 12.6 Å². The van der Waals surface area contributed by atoms with Gasteiger partial charge in [0, 0.05) is 11.6 Å². The van der Waals surface area contributed by atoms with Gasteiger partial charge in [-0.25, -0.2) is 0 Å². The van der Waals surface area contributed by atoms with Gasteiger partial charge < -0.3 is 5.21 Å². The SMILES string of the molecule is [O-][n+]1cccc(CCCS)c1. The van der Waals surface area contributed by atoms with Crippen LogP contribution in [-0.2, 0) is 6.42 Å². The molecule has 60 valence electrons. The Balaban J connectivity index is 2.56. The van der Waals surface area contributed by atoms with Gasteiger partial charge in [-0.2, -0.15) is 17.4 Å². The van der Waals surface area contributed by atoms with E-state index < -0.39 is 0 Å². The van der Waals surface area contributed by atoms with E-state index >= 15 is 0 Å². The van der Waals surface area contributed by atoms with E-state index in [1.54, 1.807) is 12.3 Å². The zero-order valence-corrected chi connectivity index (χ0v) is 7.13. The Morgan fingerprint density at radius 2 is 2.36 bits per heavy atom. The Morgan fingerprint density at radius 1 is 1.55 bits per heavy atom. The number of thiol groups is 1. The van der Waals surface area contributed by atoms with Crippen LogP contribution in [0.2, 0.25) is 0 Å². The zero-order chi connectivity index (χ0) is 8.10. The molecule has 3 heteroatoms. The van der Waals surface area contributed by atoms with Crippen LogP contribution in [-0.4, -0.2) is 5.75 Å². The lowest BCUT2D eigenvalue weighted by Gasteiger charge is -1.98. The standard InChI is InChI=1S/C8H11NOS/c10-9-5-1-3-8(7-9)4-2-6-11/h1,3,5,7,11H,2,4,6H2. The summed E-state index contributed by atoms with van der Waals surface area (Å²) in [5.41, 5.74) is 1.08. The molecule has 0 aliphatic rings. The predicted octanol–water partition coefficient (Wildman–Crippen LogP) is 1.18. The van der Waals surface area contributed by atoms with E-state index in [2.05, 4.69) is 12.6 Å². The second-order valence-electron chi connectivity index (χ2n) is 2.40. The van der Waals surface area contributed by atoms with Crippen molar-refractivity contribution in [2.24, 2.45) is 0 Å². The van der Waals surface area contributed by atoms with Crippen LogP contribution in [0.3, 0.4) is 0 Å². The van der Waals surface area contributed by atoms with Crippen molar-refractivity contribution in [2.45, 2.75) is 12.8 Å². The molecular formula is C8H11NOS. The maximum Gasteiger partial charge on any atom is 0.183 e. The minimum atomic E-state index is 0.827. The highest BCUT2D eigenvalue weighted by Crippen LogP contribution is 1.99. The molecule has 1 rings (SSSR count). The summed E-state index contributed by atoms with van der Waals surface area (Å²) in [6.07, 6.45) is 5.05. The van der Waals surface area contributed by atoms with Gasteiger partial charge in [0.15, 0.2) is 12.4 Å². The number of nitrogens with zero attached hydrogens (tertiary/aromatic N) is 1. The smallest absolute Gasteiger partial charge is 0.183 e. The van der Waals surface area contributed by atoms with Crippen LogP contribution in [0.15, 0.2) is 24.5 Å². The van der Waals surface area contributed by atoms with E-state index in [0.29, 0.717) is 0 Å². The molecule has 0 bridgehead atoms. The Bertz CT molecular complexity index is 227. The number of aromatic nitrogens is 1. The molecule has 0 aliphatic carbocycles. The van der Waals surface area contributed by atoms with Crippen LogP contribution in [0, 0.1) is 5.21 Å². The van der Waals surface area contributed by atoms with Crippen molar-refractivity contribution in [3.63, 3.8) is 0 Å². The highest BCUT2D eigenvalue weighted by Gasteiger charge is 1.95. The maximum absolute atomic E-state index is 10.8. The summed E-state index contributed by atoms with van der Waals surface area (Å²) in [7, 11) is 0. The second kappa shape index (κ2) is 4.23. The first-order valence-corrected chi connectivity index (χ1v) is 4.25. The van der Waals surface area contributed by atoms with Crippen LogP contribution in [0.25, 0.3) is 0 Å². The lowest BCUT2D eigenvalue weighted by atomic mass is 10.2. The number of hydrogen-bond acceptors (Lipinski definition) is 2. The van der Waals surface area contributed by atoms with Gasteiger partial charge in [0.25, 0.3) is 0 Å². The summed E-state index contributed by atoms with van der Waals surface area (Å²) in [6, 6.07) is 3.72. The van der Waals surface area contributed by atoms with Crippen molar-refractivity contribution < 1.29 is 4.73 Å². The summed E-state index contributed by atoms with van der Waals surface area (Å²) in [4.78, 5) is 0. The molecule has 0 amide bonds. The first-order valence-electron chi connectivity index (χ1n) is 3.61. The topological polar surface area (TPSA) is 26.9 Å². The molecule has 0 saturated carbocycles. The molecule has 1 aromatic heterocycles. The van der Waals surface area contributed by atoms with Crippen molar-refractivity contribution in [1.29, 1.82) is 0 Å². The van der Waals surface area contributed by atoms with Crippen LogP contribution >= 0.6 is 12.6 Å². The molecule has 0 fully saturated rings. The average molecular weight is 169 g/mol. The van der Waals surface area contributed by atoms with Crippen molar-refractivity contribution in [1.82, 2.24) is 0 Å². The average Bonchev–Trinajstić information content (AvgIpc) is 2.01. The van der Waals surface area contributed by atoms with E-state index in [9.17, 15) is 5.21 Å². The monoisotopic (exact) mass is 169 g/mol. The fraction of sp³-hybridized carbons (Fsp3) is 0.375. The minimum Gasteiger partial charge on any atom is -0.619 e. The third kappa shape index (κ3) is 2.80. The zero-order valence-electron chi connectivity index (χ0n) is 6.23. The van der Waals surface area contributed by atoms with Crippen LogP contribution in [0.5, 0.6) is 0 Å². The van der Waals surface area contributed by atoms with Gasteiger partial charge in [0.05, 0.1) is 0 Å². The molecular weight excluding hydrogens is 158 g/mol. The van der Waals surface area contributed by atoms with E-state index in [1.165, 1.54) is 6.20 Å². The van der Waals surface area contributed by atoms with Crippen LogP contribution in [0.4, 0.5) is 0 Å². The Hall–Kier alpha value is -0.700. The van der Waals surface area contributed by atoms with Crippen molar-refractivity contribution in [3.05, 3.63) is 35.3 Å². The quantitative estimate of drug-likeness (QED) is 0.410. The number of rotatable bonds is 3. The third-order valence-electron chi connectivity index (χ3n) is 1.46. The van der Waals surface area contributed by atoms with E-state index in [4.69, 9.17) is 0 Å². The van der Waals surface area contributed by atoms with Gasteiger partial charge in [-0.15, -0.1) is 0 Å². The van der Waals surface area contributed by atoms with E-state index in [-0.39, 0.29) is 0 Å². The number of aryl methyl sites for hydroxylation is 1. The summed E-state index contributed by atoms with van der Waals surface area (Å²) >= 11 is 4.09. The highest BCUT2D eigenvalue weighted by atomic mass is 32.1. The summed E-state index contributed by atoms with van der Waals surface area (Å²) < 4.78 is 0.827. The van der Waals surface area contributed by atoms with Gasteiger partial charge in [0.2, 0.25) is 0 Å². The summed E-state index contributed by atoms with van der Waals surface area (Å²) in [6.45, 7) is 0. The van der Waals surface area contributed by atoms with Gasteiger partial charge in [-0.05, 0) is 24.7 Å². The minimum absolute atomic E-state index is 0.827. The lowest BCUT2D eigenvalue weighted by Crippen LogP contribution is -2.24. The van der Waals surface area contributed by atoms with E-state index in [0.717, 1.165) is 28.9 Å². The largest absolute Gasteiger partial charge is 0.619 e. The molecule has 0 aliphatic heterocycles. The van der Waals surface area contributed by atoms with Crippen LogP contribution < -0.4 is 4.73 Å². The molecule has 1 heterocycles. The normalized spacial score (nSPS) is 9.91. The molecule has 0 atom stereocenters. The van der Waals surface area contributed by atoms with Crippen molar-refractivity contribution in [3.8, 4) is 0 Å². The van der Waals surface area contributed by atoms with Gasteiger partial charge >= 0.3 is 0 Å². The molecule has 2 nitrogen and oxygen atoms in total. The molecule has 0 N–H and O–H groups in total. The summed E-state index contributed by atoms with van der Waals surface area (Å²) in [5.74, 6) is 0.869. The van der Waals surface area contributed by atoms with E-state index in [1.807, 2.05) is 6.07 Å². The lowest BCUT2D eigenvalue weighted by molar-refractivity contribution is -0.605. The molecule has 0 spiro atoms. The summed E-state index contributed by atoms with van der Waals surface area (Å²) in [5, 5.41) is 10.8. The Morgan fingerprint density at radius 3 is 3.00 bits per heavy atom. The first kappa shape index (κ1) is 8.40. The number of pyridine rings is 1.